The van der Waals surface area contributed by atoms with Crippen LogP contribution in [0, 0.1) is 0 Å². The van der Waals surface area contributed by atoms with Gasteiger partial charge in [0.15, 0.2) is 12.4 Å². The van der Waals surface area contributed by atoms with Gasteiger partial charge in [0.2, 0.25) is 0 Å². The Balaban J connectivity index is 2.10. The van der Waals surface area contributed by atoms with E-state index in [1.807, 2.05) is 0 Å². The second-order valence-electron chi connectivity index (χ2n) is 4.58. The molecule has 0 fully saturated rings. The monoisotopic (exact) mass is 325 g/mol. The smallest absolute Gasteiger partial charge is 0.326 e. The maximum atomic E-state index is 11.9. The summed E-state index contributed by atoms with van der Waals surface area (Å²) in [6, 6.07) is 6.36. The third-order valence-electron chi connectivity index (χ3n) is 2.98. The van der Waals surface area contributed by atoms with Gasteiger partial charge in [-0.15, -0.1) is 4.40 Å². The van der Waals surface area contributed by atoms with Crippen molar-refractivity contribution in [1.29, 1.82) is 0 Å². The average molecular weight is 325 g/mol. The lowest BCUT2D eigenvalue weighted by Crippen LogP contribution is -2.34. The number of nitrogens with zero attached hydrogens (tertiary/aromatic N) is 2. The van der Waals surface area contributed by atoms with Gasteiger partial charge in [-0.05, 0) is 12.1 Å². The summed E-state index contributed by atoms with van der Waals surface area (Å²) in [4.78, 5) is 24.1. The van der Waals surface area contributed by atoms with Gasteiger partial charge in [-0.1, -0.05) is 12.1 Å². The maximum absolute atomic E-state index is 11.9. The van der Waals surface area contributed by atoms with E-state index in [-0.39, 0.29) is 23.9 Å². The largest absolute Gasteiger partial charge is 0.454 e. The van der Waals surface area contributed by atoms with Crippen molar-refractivity contribution in [2.45, 2.75) is 4.90 Å². The molecule has 1 aromatic carbocycles. The van der Waals surface area contributed by atoms with E-state index in [9.17, 15) is 18.0 Å². The van der Waals surface area contributed by atoms with E-state index in [0.29, 0.717) is 5.56 Å². The second-order valence-corrected chi connectivity index (χ2v) is 6.15. The fourth-order valence-electron chi connectivity index (χ4n) is 1.90. The van der Waals surface area contributed by atoms with Gasteiger partial charge in [0.25, 0.3) is 15.9 Å². The van der Waals surface area contributed by atoms with E-state index in [2.05, 4.69) is 9.71 Å². The normalized spacial score (nSPS) is 14.7. The summed E-state index contributed by atoms with van der Waals surface area (Å²) < 4.78 is 32.3. The number of amidine groups is 1. The Morgan fingerprint density at radius 1 is 1.32 bits per heavy atom. The summed E-state index contributed by atoms with van der Waals surface area (Å²) in [5.74, 6) is -0.912. The number of hydrogen-bond donors (Lipinski definition) is 1. The molecule has 0 aliphatic carbocycles. The zero-order valence-electron chi connectivity index (χ0n) is 12.1. The number of carbonyl (C=O) groups is 2. The number of ether oxygens (including phenoxy) is 1. The lowest BCUT2D eigenvalue weighted by atomic mass is 10.2. The van der Waals surface area contributed by atoms with E-state index >= 15 is 0 Å². The van der Waals surface area contributed by atoms with Crippen LogP contribution in [0.5, 0.6) is 0 Å². The van der Waals surface area contributed by atoms with Gasteiger partial charge in [-0.3, -0.25) is 9.59 Å². The van der Waals surface area contributed by atoms with Crippen molar-refractivity contribution in [3.05, 3.63) is 29.8 Å². The molecule has 2 rings (SSSR count). The van der Waals surface area contributed by atoms with Gasteiger partial charge >= 0.3 is 5.97 Å². The van der Waals surface area contributed by atoms with Crippen molar-refractivity contribution in [1.82, 2.24) is 10.2 Å². The second kappa shape index (κ2) is 6.14. The number of benzene rings is 1. The van der Waals surface area contributed by atoms with E-state index in [4.69, 9.17) is 4.74 Å². The molecule has 0 unspecified atom stereocenters. The summed E-state index contributed by atoms with van der Waals surface area (Å²) in [6.45, 7) is -0.607. The summed E-state index contributed by atoms with van der Waals surface area (Å²) in [5.41, 5.74) is 0.434. The Labute approximate surface area is 127 Å². The molecule has 0 saturated carbocycles. The zero-order valence-corrected chi connectivity index (χ0v) is 12.9. The van der Waals surface area contributed by atoms with Crippen LogP contribution in [-0.2, 0) is 24.3 Å². The number of esters is 1. The third-order valence-corrected chi connectivity index (χ3v) is 4.31. The number of carbonyl (C=O) groups excluding carboxylic acids is 2. The maximum Gasteiger partial charge on any atom is 0.326 e. The standard InChI is InChI=1S/C13H15N3O5S/c1-14-11(17)8-21-12(18)7-16(2)13-9-5-3-4-6-10(9)22(19,20)15-13/h3-6H,7-8H2,1-2H3,(H,14,17). The molecule has 1 heterocycles. The van der Waals surface area contributed by atoms with Gasteiger partial charge in [0, 0.05) is 19.7 Å². The lowest BCUT2D eigenvalue weighted by molar-refractivity contribution is -0.148. The minimum Gasteiger partial charge on any atom is -0.454 e. The molecule has 9 heteroatoms. The van der Waals surface area contributed by atoms with Crippen molar-refractivity contribution in [3.63, 3.8) is 0 Å². The van der Waals surface area contributed by atoms with Crippen molar-refractivity contribution in [2.24, 2.45) is 4.40 Å². The number of likely N-dealkylation sites (N-methyl/N-ethyl adjacent to an activating group) is 2. The molecule has 118 valence electrons. The van der Waals surface area contributed by atoms with E-state index in [1.165, 1.54) is 25.1 Å². The first kappa shape index (κ1) is 16.0. The SMILES string of the molecule is CNC(=O)COC(=O)CN(C)C1=NS(=O)(=O)c2ccccc21. The fourth-order valence-corrected chi connectivity index (χ4v) is 3.15. The number of sulfonamides is 1. The van der Waals surface area contributed by atoms with Crippen molar-refractivity contribution in [3.8, 4) is 0 Å². The molecule has 1 amide bonds. The quantitative estimate of drug-likeness (QED) is 0.738. The van der Waals surface area contributed by atoms with Crippen LogP contribution in [0.2, 0.25) is 0 Å². The Hall–Kier alpha value is -2.42. The number of hydrogen-bond acceptors (Lipinski definition) is 6. The molecule has 1 aliphatic heterocycles. The summed E-state index contributed by atoms with van der Waals surface area (Å²) in [5, 5.41) is 2.32. The van der Waals surface area contributed by atoms with Crippen LogP contribution in [0.25, 0.3) is 0 Å². The Morgan fingerprint density at radius 2 is 2.00 bits per heavy atom. The number of amides is 1. The van der Waals surface area contributed by atoms with Crippen LogP contribution >= 0.6 is 0 Å². The average Bonchev–Trinajstić information content (AvgIpc) is 2.77. The van der Waals surface area contributed by atoms with Gasteiger partial charge in [0.05, 0.1) is 0 Å². The number of rotatable bonds is 4. The highest BCUT2D eigenvalue weighted by molar-refractivity contribution is 7.90. The Kier molecular flexibility index (Phi) is 4.45. The highest BCUT2D eigenvalue weighted by atomic mass is 32.2. The van der Waals surface area contributed by atoms with Gasteiger partial charge in [-0.2, -0.15) is 8.42 Å². The Morgan fingerprint density at radius 3 is 2.68 bits per heavy atom. The minimum atomic E-state index is -3.74. The van der Waals surface area contributed by atoms with Crippen LogP contribution in [0.1, 0.15) is 5.56 Å². The summed E-state index contributed by atoms with van der Waals surface area (Å²) >= 11 is 0. The van der Waals surface area contributed by atoms with E-state index in [1.54, 1.807) is 18.2 Å². The molecular weight excluding hydrogens is 310 g/mol. The summed E-state index contributed by atoms with van der Waals surface area (Å²) in [6.07, 6.45) is 0. The highest BCUT2D eigenvalue weighted by Crippen LogP contribution is 2.26. The Bertz CT molecular complexity index is 742. The van der Waals surface area contributed by atoms with Crippen molar-refractivity contribution >= 4 is 27.7 Å². The molecule has 0 bridgehead atoms. The van der Waals surface area contributed by atoms with Crippen LogP contribution in [0.15, 0.2) is 33.6 Å². The predicted octanol–water partition coefficient (Wildman–Crippen LogP) is -0.643. The predicted molar refractivity (Wildman–Crippen MR) is 77.8 cm³/mol. The zero-order chi connectivity index (χ0) is 16.3. The lowest BCUT2D eigenvalue weighted by Gasteiger charge is -2.17. The molecule has 0 spiro atoms. The molecule has 0 atom stereocenters. The van der Waals surface area contributed by atoms with Crippen LogP contribution in [0.3, 0.4) is 0 Å². The molecule has 0 saturated heterocycles. The molecular formula is C13H15N3O5S. The first-order valence-electron chi connectivity index (χ1n) is 6.37. The third kappa shape index (κ3) is 3.25. The molecule has 1 aromatic rings. The summed E-state index contributed by atoms with van der Waals surface area (Å²) in [7, 11) is -0.782. The first-order chi connectivity index (χ1) is 10.3. The fraction of sp³-hybridized carbons (Fsp3) is 0.308. The van der Waals surface area contributed by atoms with Crippen LogP contribution in [-0.4, -0.2) is 58.3 Å². The van der Waals surface area contributed by atoms with E-state index < -0.39 is 21.9 Å². The van der Waals surface area contributed by atoms with Gasteiger partial charge in [-0.25, -0.2) is 0 Å². The molecule has 22 heavy (non-hydrogen) atoms. The highest BCUT2D eigenvalue weighted by Gasteiger charge is 2.31. The van der Waals surface area contributed by atoms with Gasteiger partial charge < -0.3 is 15.0 Å². The van der Waals surface area contributed by atoms with Gasteiger partial charge in [0.1, 0.15) is 11.4 Å². The van der Waals surface area contributed by atoms with Crippen LogP contribution < -0.4 is 5.32 Å². The van der Waals surface area contributed by atoms with E-state index in [0.717, 1.165) is 0 Å². The molecule has 8 nitrogen and oxygen atoms in total. The first-order valence-corrected chi connectivity index (χ1v) is 7.81. The number of fused-ring (bicyclic) bond motifs is 1. The molecule has 1 aliphatic rings. The van der Waals surface area contributed by atoms with Crippen molar-refractivity contribution in [2.75, 3.05) is 27.2 Å². The molecule has 1 N–H and O–H groups in total. The molecule has 0 aromatic heterocycles. The molecule has 0 radical (unpaired) electrons. The number of nitrogens with one attached hydrogen (secondary N) is 1. The van der Waals surface area contributed by atoms with Crippen LogP contribution in [0.4, 0.5) is 0 Å². The topological polar surface area (TPSA) is 105 Å². The van der Waals surface area contributed by atoms with Crippen molar-refractivity contribution < 1.29 is 22.7 Å². The minimum absolute atomic E-state index is 0.107.